The number of guanidine groups is 1. The number of para-hydroxylation sites is 1. The number of nitrogens with one attached hydrogen (secondary N) is 3. The van der Waals surface area contributed by atoms with Crippen molar-refractivity contribution in [3.05, 3.63) is 101 Å². The van der Waals surface area contributed by atoms with Crippen molar-refractivity contribution >= 4 is 11.9 Å². The number of amides is 1. The zero-order valence-electron chi connectivity index (χ0n) is 18.6. The van der Waals surface area contributed by atoms with Gasteiger partial charge < -0.3 is 20.7 Å². The highest BCUT2D eigenvalue weighted by atomic mass is 16.5. The molecule has 0 aliphatic carbocycles. The van der Waals surface area contributed by atoms with Crippen molar-refractivity contribution in [3.8, 4) is 5.75 Å². The van der Waals surface area contributed by atoms with E-state index in [1.54, 1.807) is 14.1 Å². The summed E-state index contributed by atoms with van der Waals surface area (Å²) in [5, 5.41) is 9.36. The average molecular weight is 431 g/mol. The molecule has 3 rings (SSSR count). The van der Waals surface area contributed by atoms with Crippen LogP contribution in [0.2, 0.25) is 0 Å². The quantitative estimate of drug-likeness (QED) is 0.359. The lowest BCUT2D eigenvalue weighted by Crippen LogP contribution is -2.38. The number of benzene rings is 3. The molecule has 3 N–H and O–H groups in total. The molecule has 3 aromatic rings. The van der Waals surface area contributed by atoms with E-state index in [9.17, 15) is 4.79 Å². The molecule has 0 heterocycles. The first kappa shape index (κ1) is 22.9. The number of hydrogen-bond donors (Lipinski definition) is 3. The number of rotatable bonds is 9. The van der Waals surface area contributed by atoms with Crippen LogP contribution in [0.5, 0.6) is 5.75 Å². The fourth-order valence-electron chi connectivity index (χ4n) is 3.29. The summed E-state index contributed by atoms with van der Waals surface area (Å²) in [6, 6.07) is 25.7. The van der Waals surface area contributed by atoms with E-state index in [0.29, 0.717) is 25.3 Å². The van der Waals surface area contributed by atoms with E-state index < -0.39 is 0 Å². The van der Waals surface area contributed by atoms with Crippen molar-refractivity contribution in [3.63, 3.8) is 0 Å². The van der Waals surface area contributed by atoms with Crippen LogP contribution >= 0.6 is 0 Å². The van der Waals surface area contributed by atoms with Crippen molar-refractivity contribution in [1.29, 1.82) is 0 Å². The van der Waals surface area contributed by atoms with Crippen LogP contribution in [0.4, 0.5) is 0 Å². The number of carbonyl (C=O) groups excluding carboxylic acids is 1. The van der Waals surface area contributed by atoms with Gasteiger partial charge in [-0.2, -0.15) is 0 Å². The summed E-state index contributed by atoms with van der Waals surface area (Å²) in [5.41, 5.74) is 4.05. The Morgan fingerprint density at radius 2 is 1.66 bits per heavy atom. The predicted octanol–water partition coefficient (Wildman–Crippen LogP) is 3.53. The van der Waals surface area contributed by atoms with Crippen molar-refractivity contribution in [2.24, 2.45) is 4.99 Å². The van der Waals surface area contributed by atoms with Gasteiger partial charge in [-0.1, -0.05) is 54.6 Å². The summed E-state index contributed by atoms with van der Waals surface area (Å²) < 4.78 is 5.91. The van der Waals surface area contributed by atoms with Gasteiger partial charge in [-0.15, -0.1) is 0 Å². The zero-order valence-corrected chi connectivity index (χ0v) is 18.6. The SMILES string of the molecule is CN=C(NCCc1cccc(C(=O)NC)c1)NCc1ccccc1COc1ccccc1. The molecule has 32 heavy (non-hydrogen) atoms. The van der Waals surface area contributed by atoms with Crippen LogP contribution < -0.4 is 20.7 Å². The van der Waals surface area contributed by atoms with E-state index in [1.807, 2.05) is 66.7 Å². The Kier molecular flexibility index (Phi) is 8.69. The maximum absolute atomic E-state index is 11.8. The Bertz CT molecular complexity index is 1030. The fraction of sp³-hybridized carbons (Fsp3) is 0.231. The third-order valence-electron chi connectivity index (χ3n) is 5.05. The largest absolute Gasteiger partial charge is 0.489 e. The molecular formula is C26H30N4O2. The number of aliphatic imine (C=N–C) groups is 1. The van der Waals surface area contributed by atoms with Gasteiger partial charge in [0.1, 0.15) is 12.4 Å². The van der Waals surface area contributed by atoms with Crippen LogP contribution in [0, 0.1) is 0 Å². The van der Waals surface area contributed by atoms with Crippen LogP contribution in [0.15, 0.2) is 83.9 Å². The molecule has 0 bridgehead atoms. The van der Waals surface area contributed by atoms with Crippen LogP contribution in [-0.4, -0.2) is 32.5 Å². The fourth-order valence-corrected chi connectivity index (χ4v) is 3.29. The lowest BCUT2D eigenvalue weighted by molar-refractivity contribution is 0.0963. The first-order valence-electron chi connectivity index (χ1n) is 10.7. The third kappa shape index (κ3) is 6.87. The second-order valence-electron chi connectivity index (χ2n) is 7.25. The number of carbonyl (C=O) groups is 1. The first-order chi connectivity index (χ1) is 15.7. The highest BCUT2D eigenvalue weighted by Crippen LogP contribution is 2.14. The molecule has 0 unspecified atom stereocenters. The van der Waals surface area contributed by atoms with E-state index >= 15 is 0 Å². The van der Waals surface area contributed by atoms with Crippen LogP contribution in [-0.2, 0) is 19.6 Å². The van der Waals surface area contributed by atoms with Gasteiger partial charge in [0.2, 0.25) is 0 Å². The molecular weight excluding hydrogens is 400 g/mol. The van der Waals surface area contributed by atoms with Crippen LogP contribution in [0.1, 0.15) is 27.0 Å². The smallest absolute Gasteiger partial charge is 0.251 e. The minimum absolute atomic E-state index is 0.0767. The summed E-state index contributed by atoms with van der Waals surface area (Å²) >= 11 is 0. The lowest BCUT2D eigenvalue weighted by Gasteiger charge is -2.15. The molecule has 0 fully saturated rings. The van der Waals surface area contributed by atoms with Gasteiger partial charge in [0.05, 0.1) is 0 Å². The van der Waals surface area contributed by atoms with Crippen molar-refractivity contribution in [2.75, 3.05) is 20.6 Å². The summed E-state index contributed by atoms with van der Waals surface area (Å²) in [6.07, 6.45) is 0.785. The van der Waals surface area contributed by atoms with E-state index in [1.165, 1.54) is 0 Å². The normalized spacial score (nSPS) is 11.0. The average Bonchev–Trinajstić information content (AvgIpc) is 2.85. The third-order valence-corrected chi connectivity index (χ3v) is 5.05. The molecule has 0 aliphatic rings. The zero-order chi connectivity index (χ0) is 22.6. The predicted molar refractivity (Wildman–Crippen MR) is 129 cm³/mol. The highest BCUT2D eigenvalue weighted by Gasteiger charge is 2.06. The standard InChI is InChI=1S/C26H30N4O2/c1-27-25(31)21-12-8-9-20(17-21)15-16-29-26(28-2)30-18-22-10-6-7-11-23(22)19-32-24-13-4-3-5-14-24/h3-14,17H,15-16,18-19H2,1-2H3,(H,27,31)(H2,28,29,30). The van der Waals surface area contributed by atoms with E-state index in [4.69, 9.17) is 4.74 Å². The summed E-state index contributed by atoms with van der Waals surface area (Å²) in [4.78, 5) is 16.1. The van der Waals surface area contributed by atoms with Gasteiger partial charge in [-0.05, 0) is 47.4 Å². The molecule has 0 aromatic heterocycles. The Labute approximate surface area is 189 Å². The molecule has 0 atom stereocenters. The maximum Gasteiger partial charge on any atom is 0.251 e. The van der Waals surface area contributed by atoms with E-state index in [2.05, 4.69) is 33.1 Å². The van der Waals surface area contributed by atoms with Crippen LogP contribution in [0.3, 0.4) is 0 Å². The summed E-state index contributed by atoms with van der Waals surface area (Å²) in [6.45, 7) is 1.85. The number of hydrogen-bond acceptors (Lipinski definition) is 3. The molecule has 0 aliphatic heterocycles. The van der Waals surface area contributed by atoms with Gasteiger partial charge in [0.15, 0.2) is 5.96 Å². The Morgan fingerprint density at radius 3 is 2.41 bits per heavy atom. The molecule has 0 radical (unpaired) electrons. The molecule has 3 aromatic carbocycles. The monoisotopic (exact) mass is 430 g/mol. The van der Waals surface area contributed by atoms with Gasteiger partial charge >= 0.3 is 0 Å². The van der Waals surface area contributed by atoms with Crippen molar-refractivity contribution in [2.45, 2.75) is 19.6 Å². The Hall–Kier alpha value is -3.80. The molecule has 1 amide bonds. The van der Waals surface area contributed by atoms with Gasteiger partial charge in [-0.25, -0.2) is 0 Å². The molecule has 6 nitrogen and oxygen atoms in total. The van der Waals surface area contributed by atoms with E-state index in [0.717, 1.165) is 34.8 Å². The minimum Gasteiger partial charge on any atom is -0.489 e. The summed E-state index contributed by atoms with van der Waals surface area (Å²) in [7, 11) is 3.39. The Morgan fingerprint density at radius 1 is 0.906 bits per heavy atom. The second-order valence-corrected chi connectivity index (χ2v) is 7.25. The van der Waals surface area contributed by atoms with Crippen molar-refractivity contribution < 1.29 is 9.53 Å². The molecule has 6 heteroatoms. The minimum atomic E-state index is -0.0767. The topological polar surface area (TPSA) is 74.8 Å². The van der Waals surface area contributed by atoms with Gasteiger partial charge in [0.25, 0.3) is 5.91 Å². The molecule has 166 valence electrons. The highest BCUT2D eigenvalue weighted by molar-refractivity contribution is 5.94. The van der Waals surface area contributed by atoms with Gasteiger partial charge in [0, 0.05) is 32.7 Å². The molecule has 0 saturated carbocycles. The molecule has 0 saturated heterocycles. The Balaban J connectivity index is 1.50. The number of ether oxygens (including phenoxy) is 1. The van der Waals surface area contributed by atoms with E-state index in [-0.39, 0.29) is 5.91 Å². The lowest BCUT2D eigenvalue weighted by atomic mass is 10.1. The van der Waals surface area contributed by atoms with Crippen LogP contribution in [0.25, 0.3) is 0 Å². The summed E-state index contributed by atoms with van der Waals surface area (Å²) in [5.74, 6) is 1.51. The number of nitrogens with zero attached hydrogens (tertiary/aromatic N) is 1. The first-order valence-corrected chi connectivity index (χ1v) is 10.7. The van der Waals surface area contributed by atoms with Gasteiger partial charge in [-0.3, -0.25) is 9.79 Å². The second kappa shape index (κ2) is 12.2. The maximum atomic E-state index is 11.8. The molecule has 0 spiro atoms. The van der Waals surface area contributed by atoms with Crippen molar-refractivity contribution in [1.82, 2.24) is 16.0 Å².